The summed E-state index contributed by atoms with van der Waals surface area (Å²) in [5.41, 5.74) is 0.770. The maximum atomic E-state index is 11.9. The molecule has 2 aromatic rings. The summed E-state index contributed by atoms with van der Waals surface area (Å²) in [5, 5.41) is 19.0. The van der Waals surface area contributed by atoms with Gasteiger partial charge in [0, 0.05) is 24.9 Å². The Bertz CT molecular complexity index is 648. The number of hydrogen-bond acceptors (Lipinski definition) is 3. The summed E-state index contributed by atoms with van der Waals surface area (Å²) in [6.45, 7) is 9.67. The summed E-state index contributed by atoms with van der Waals surface area (Å²) in [6, 6.07) is 1.32. The first-order chi connectivity index (χ1) is 9.43. The number of benzene rings is 1. The predicted octanol–water partition coefficient (Wildman–Crippen LogP) is 3.96. The van der Waals surface area contributed by atoms with E-state index in [2.05, 4.69) is 0 Å². The molecular formula is C15H22ClNO3. The molecule has 0 unspecified atom stereocenters. The number of phenolic OH excluding ortho intramolecular Hbond substituents is 2. The van der Waals surface area contributed by atoms with Crippen molar-refractivity contribution < 1.29 is 10.2 Å². The number of fused-ring (bicyclic) bond motifs is 1. The van der Waals surface area contributed by atoms with Crippen LogP contribution in [0.25, 0.3) is 10.9 Å². The van der Waals surface area contributed by atoms with Crippen LogP contribution >= 0.6 is 11.6 Å². The van der Waals surface area contributed by atoms with Gasteiger partial charge in [-0.05, 0) is 6.92 Å². The lowest BCUT2D eigenvalue weighted by molar-refractivity contribution is 0.405. The largest absolute Gasteiger partial charge is 0.504 e. The number of pyridine rings is 1. The Morgan fingerprint density at radius 2 is 1.65 bits per heavy atom. The van der Waals surface area contributed by atoms with Crippen LogP contribution in [0.3, 0.4) is 0 Å². The van der Waals surface area contributed by atoms with E-state index in [1.165, 1.54) is 6.07 Å². The van der Waals surface area contributed by atoms with Crippen LogP contribution in [0, 0.1) is 6.92 Å². The van der Waals surface area contributed by atoms with Gasteiger partial charge in [0.1, 0.15) is 0 Å². The van der Waals surface area contributed by atoms with Gasteiger partial charge in [-0.3, -0.25) is 4.79 Å². The predicted molar refractivity (Wildman–Crippen MR) is 85.0 cm³/mol. The summed E-state index contributed by atoms with van der Waals surface area (Å²) in [4.78, 5) is 11.9. The molecule has 0 atom stereocenters. The van der Waals surface area contributed by atoms with Crippen LogP contribution < -0.4 is 5.43 Å². The summed E-state index contributed by atoms with van der Waals surface area (Å²) in [6.07, 6.45) is 1.65. The molecule has 0 spiro atoms. The smallest absolute Gasteiger partial charge is 0.193 e. The van der Waals surface area contributed by atoms with Crippen molar-refractivity contribution >= 4 is 22.5 Å². The van der Waals surface area contributed by atoms with E-state index >= 15 is 0 Å². The summed E-state index contributed by atoms with van der Waals surface area (Å²) >= 11 is 5.86. The fourth-order valence-electron chi connectivity index (χ4n) is 1.72. The minimum absolute atomic E-state index is 0.112. The van der Waals surface area contributed by atoms with Gasteiger partial charge in [0.25, 0.3) is 0 Å². The second kappa shape index (κ2) is 7.80. The standard InChI is InChI=1S/C11H10ClNO3.2C2H6/c1-5-4-13(2)6-3-7(14)11(16)9(12)8(6)10(5)15;2*1-2/h3-4,14,16H,1-2H3;2*1-2H3. The second-order valence-corrected chi connectivity index (χ2v) is 4.08. The molecule has 0 radical (unpaired) electrons. The van der Waals surface area contributed by atoms with Crippen LogP contribution in [0.4, 0.5) is 0 Å². The Hall–Kier alpha value is -1.68. The second-order valence-electron chi connectivity index (χ2n) is 3.70. The van der Waals surface area contributed by atoms with Crippen molar-refractivity contribution in [1.29, 1.82) is 0 Å². The number of aryl methyl sites for hydroxylation is 2. The van der Waals surface area contributed by atoms with Crippen molar-refractivity contribution in [2.45, 2.75) is 34.6 Å². The molecule has 0 aliphatic rings. The van der Waals surface area contributed by atoms with Crippen LogP contribution in [0.1, 0.15) is 33.3 Å². The molecule has 4 nitrogen and oxygen atoms in total. The van der Waals surface area contributed by atoms with Crippen molar-refractivity contribution in [3.05, 3.63) is 33.1 Å². The molecule has 0 fully saturated rings. The van der Waals surface area contributed by atoms with Crippen molar-refractivity contribution in [1.82, 2.24) is 4.57 Å². The highest BCUT2D eigenvalue weighted by Crippen LogP contribution is 2.37. The molecule has 1 aromatic heterocycles. The first kappa shape index (κ1) is 18.3. The van der Waals surface area contributed by atoms with Crippen molar-refractivity contribution in [3.63, 3.8) is 0 Å². The number of nitrogens with zero attached hydrogens (tertiary/aromatic N) is 1. The molecule has 1 aromatic carbocycles. The van der Waals surface area contributed by atoms with Gasteiger partial charge in [-0.25, -0.2) is 0 Å². The monoisotopic (exact) mass is 299 g/mol. The zero-order valence-electron chi connectivity index (χ0n) is 12.8. The molecule has 0 saturated carbocycles. The third-order valence-electron chi connectivity index (χ3n) is 2.55. The summed E-state index contributed by atoms with van der Waals surface area (Å²) < 4.78 is 1.68. The Morgan fingerprint density at radius 3 is 2.15 bits per heavy atom. The van der Waals surface area contributed by atoms with Crippen LogP contribution in [0.15, 0.2) is 17.1 Å². The molecule has 5 heteroatoms. The zero-order chi connectivity index (χ0) is 16.0. The molecular weight excluding hydrogens is 278 g/mol. The maximum absolute atomic E-state index is 11.9. The molecule has 112 valence electrons. The fourth-order valence-corrected chi connectivity index (χ4v) is 2.00. The number of rotatable bonds is 0. The lowest BCUT2D eigenvalue weighted by Crippen LogP contribution is -2.10. The van der Waals surface area contributed by atoms with Crippen LogP contribution in [0.2, 0.25) is 5.02 Å². The Balaban J connectivity index is 0.000000829. The Labute approximate surface area is 124 Å². The average molecular weight is 300 g/mol. The van der Waals surface area contributed by atoms with E-state index in [1.54, 1.807) is 24.7 Å². The third-order valence-corrected chi connectivity index (χ3v) is 2.92. The number of halogens is 1. The van der Waals surface area contributed by atoms with Gasteiger partial charge in [0.05, 0.1) is 15.9 Å². The van der Waals surface area contributed by atoms with Gasteiger partial charge < -0.3 is 14.8 Å². The highest BCUT2D eigenvalue weighted by molar-refractivity contribution is 6.37. The van der Waals surface area contributed by atoms with Gasteiger partial charge >= 0.3 is 0 Å². The van der Waals surface area contributed by atoms with Gasteiger partial charge in [-0.15, -0.1) is 0 Å². The molecule has 0 bridgehead atoms. The Kier molecular flexibility index (Phi) is 7.14. The van der Waals surface area contributed by atoms with Crippen molar-refractivity contribution in [3.8, 4) is 11.5 Å². The first-order valence-corrected chi connectivity index (χ1v) is 7.01. The molecule has 2 N–H and O–H groups in total. The lowest BCUT2D eigenvalue weighted by Gasteiger charge is -2.10. The molecule has 2 rings (SSSR count). The molecule has 20 heavy (non-hydrogen) atoms. The average Bonchev–Trinajstić information content (AvgIpc) is 2.46. The first-order valence-electron chi connectivity index (χ1n) is 6.64. The molecule has 0 saturated heterocycles. The summed E-state index contributed by atoms with van der Waals surface area (Å²) in [7, 11) is 1.74. The SMILES string of the molecule is CC.CC.Cc1cn(C)c2cc(O)c(O)c(Cl)c2c1=O. The normalized spacial score (nSPS) is 9.35. The third kappa shape index (κ3) is 3.25. The fraction of sp³-hybridized carbons (Fsp3) is 0.400. The lowest BCUT2D eigenvalue weighted by atomic mass is 10.1. The van der Waals surface area contributed by atoms with Crippen LogP contribution in [0.5, 0.6) is 11.5 Å². The summed E-state index contributed by atoms with van der Waals surface area (Å²) in [5.74, 6) is -0.798. The topological polar surface area (TPSA) is 62.5 Å². The van der Waals surface area contributed by atoms with E-state index in [4.69, 9.17) is 11.6 Å². The van der Waals surface area contributed by atoms with Crippen molar-refractivity contribution in [2.75, 3.05) is 0 Å². The number of phenols is 2. The minimum atomic E-state index is -0.461. The van der Waals surface area contributed by atoms with Gasteiger partial charge in [-0.2, -0.15) is 0 Å². The highest BCUT2D eigenvalue weighted by atomic mass is 35.5. The van der Waals surface area contributed by atoms with E-state index in [1.807, 2.05) is 27.7 Å². The molecule has 1 heterocycles. The van der Waals surface area contributed by atoms with Gasteiger partial charge in [-0.1, -0.05) is 39.3 Å². The van der Waals surface area contributed by atoms with Gasteiger partial charge in [0.15, 0.2) is 16.9 Å². The van der Waals surface area contributed by atoms with E-state index in [0.717, 1.165) is 0 Å². The molecule has 0 aliphatic heterocycles. The van der Waals surface area contributed by atoms with E-state index < -0.39 is 5.75 Å². The van der Waals surface area contributed by atoms with E-state index in [0.29, 0.717) is 11.1 Å². The minimum Gasteiger partial charge on any atom is -0.504 e. The highest BCUT2D eigenvalue weighted by Gasteiger charge is 2.15. The molecule has 0 amide bonds. The number of hydrogen-bond donors (Lipinski definition) is 2. The quantitative estimate of drug-likeness (QED) is 0.724. The number of aromatic hydroxyl groups is 2. The van der Waals surface area contributed by atoms with Gasteiger partial charge in [0.2, 0.25) is 0 Å². The maximum Gasteiger partial charge on any atom is 0.193 e. The molecule has 0 aliphatic carbocycles. The Morgan fingerprint density at radius 1 is 1.15 bits per heavy atom. The van der Waals surface area contributed by atoms with Crippen molar-refractivity contribution in [2.24, 2.45) is 7.05 Å². The number of aromatic nitrogens is 1. The zero-order valence-corrected chi connectivity index (χ0v) is 13.5. The van der Waals surface area contributed by atoms with Crippen LogP contribution in [-0.2, 0) is 7.05 Å². The van der Waals surface area contributed by atoms with Crippen LogP contribution in [-0.4, -0.2) is 14.8 Å². The van der Waals surface area contributed by atoms with E-state index in [-0.39, 0.29) is 21.6 Å². The van der Waals surface area contributed by atoms with E-state index in [9.17, 15) is 15.0 Å².